The maximum Gasteiger partial charge on any atom is 0.249 e. The maximum absolute atomic E-state index is 2.81. The molecular formula is C52H41B2NSSi. The Bertz CT molecular complexity index is 2770. The lowest BCUT2D eigenvalue weighted by Crippen LogP contribution is -2.75. The second-order valence-corrected chi connectivity index (χ2v) is 21.1. The van der Waals surface area contributed by atoms with Gasteiger partial charge in [0.15, 0.2) is 8.07 Å². The number of benzene rings is 8. The van der Waals surface area contributed by atoms with Gasteiger partial charge in [-0.25, -0.2) is 0 Å². The topological polar surface area (TPSA) is 3.24 Å². The standard InChI is InChI=1S/C52H41B2NSSi/c1-34-29-36(3)50(37(4)30-34)54-43-33-41(57(38-17-8-5-9-18-38,39-19-10-6-11-20-39)40-21-12-7-13-22-40)27-28-46(43)55-47-24-16-26-49-51(47)53(42-23-14-15-25-48(42)56-49)44-31-35(2)32-45(54)52(44)55/h5-33H,1-4H3. The minimum Gasteiger partial charge on any atom is -0.312 e. The van der Waals surface area contributed by atoms with Crippen molar-refractivity contribution in [2.24, 2.45) is 0 Å². The zero-order chi connectivity index (χ0) is 38.4. The third kappa shape index (κ3) is 5.05. The Labute approximate surface area is 342 Å². The van der Waals surface area contributed by atoms with Gasteiger partial charge in [-0.3, -0.25) is 0 Å². The summed E-state index contributed by atoms with van der Waals surface area (Å²) in [4.78, 5) is 5.38. The van der Waals surface area contributed by atoms with Gasteiger partial charge in [0.2, 0.25) is 13.4 Å². The molecule has 270 valence electrons. The molecule has 0 aliphatic carbocycles. The van der Waals surface area contributed by atoms with Crippen LogP contribution in [0.15, 0.2) is 186 Å². The first-order valence-electron chi connectivity index (χ1n) is 20.2. The Kier molecular flexibility index (Phi) is 7.97. The lowest BCUT2D eigenvalue weighted by atomic mass is 9.30. The van der Waals surface area contributed by atoms with Crippen LogP contribution in [-0.4, -0.2) is 21.5 Å². The van der Waals surface area contributed by atoms with Gasteiger partial charge in [0.1, 0.15) is 0 Å². The van der Waals surface area contributed by atoms with Crippen molar-refractivity contribution in [3.63, 3.8) is 0 Å². The van der Waals surface area contributed by atoms with E-state index in [1.807, 2.05) is 11.8 Å². The average molecular weight is 762 g/mol. The molecule has 8 aromatic rings. The molecule has 57 heavy (non-hydrogen) atoms. The second kappa shape index (κ2) is 13.2. The predicted molar refractivity (Wildman–Crippen MR) is 250 cm³/mol. The number of nitrogens with zero attached hydrogens (tertiary/aromatic N) is 1. The molecule has 0 saturated heterocycles. The monoisotopic (exact) mass is 761 g/mol. The fourth-order valence-corrected chi connectivity index (χ4v) is 16.8. The van der Waals surface area contributed by atoms with Gasteiger partial charge in [-0.1, -0.05) is 197 Å². The summed E-state index contributed by atoms with van der Waals surface area (Å²) in [6.45, 7) is 9.44. The normalized spacial score (nSPS) is 13.4. The smallest absolute Gasteiger partial charge is 0.249 e. The first kappa shape index (κ1) is 34.5. The molecule has 0 atom stereocenters. The molecule has 5 heteroatoms. The lowest BCUT2D eigenvalue weighted by molar-refractivity contribution is 1.27. The molecule has 0 amide bonds. The molecule has 0 unspecified atom stereocenters. The molecule has 1 nitrogen and oxygen atoms in total. The van der Waals surface area contributed by atoms with E-state index in [1.165, 1.54) is 103 Å². The Morgan fingerprint density at radius 3 is 1.54 bits per heavy atom. The highest BCUT2D eigenvalue weighted by atomic mass is 32.2. The van der Waals surface area contributed by atoms with Crippen LogP contribution in [0.1, 0.15) is 22.3 Å². The molecular weight excluding hydrogens is 720 g/mol. The SMILES string of the molecule is Cc1cc(C)c(B2c3cc([Si](c4ccccc4)(c4ccccc4)c4ccccc4)ccc3N3c4cccc5c4B(c4ccccc4S5)c4cc(C)cc2c43)c(C)c1. The van der Waals surface area contributed by atoms with Gasteiger partial charge >= 0.3 is 0 Å². The molecule has 3 heterocycles. The van der Waals surface area contributed by atoms with Crippen molar-refractivity contribution in [2.45, 2.75) is 37.5 Å². The number of hydrogen-bond donors (Lipinski definition) is 0. The van der Waals surface area contributed by atoms with Crippen molar-refractivity contribution in [3.05, 3.63) is 198 Å². The quantitative estimate of drug-likeness (QED) is 0.159. The van der Waals surface area contributed by atoms with Crippen LogP contribution in [0.4, 0.5) is 17.1 Å². The van der Waals surface area contributed by atoms with Gasteiger partial charge in [0.05, 0.1) is 0 Å². The van der Waals surface area contributed by atoms with E-state index in [2.05, 4.69) is 209 Å². The third-order valence-corrected chi connectivity index (χ3v) is 18.8. The Hall–Kier alpha value is -5.74. The molecule has 0 bridgehead atoms. The van der Waals surface area contributed by atoms with Crippen LogP contribution in [0.3, 0.4) is 0 Å². The number of rotatable bonds is 5. The van der Waals surface area contributed by atoms with Gasteiger partial charge in [-0.15, -0.1) is 0 Å². The highest BCUT2D eigenvalue weighted by Gasteiger charge is 2.48. The van der Waals surface area contributed by atoms with Crippen molar-refractivity contribution >= 4 is 104 Å². The molecule has 0 saturated carbocycles. The highest BCUT2D eigenvalue weighted by molar-refractivity contribution is 8.00. The van der Waals surface area contributed by atoms with Crippen LogP contribution in [0, 0.1) is 27.7 Å². The van der Waals surface area contributed by atoms with Gasteiger partial charge in [0, 0.05) is 26.9 Å². The maximum atomic E-state index is 2.65. The Morgan fingerprint density at radius 2 is 0.930 bits per heavy atom. The van der Waals surface area contributed by atoms with Gasteiger partial charge in [-0.05, 0) is 94.6 Å². The molecule has 8 aromatic carbocycles. The average Bonchev–Trinajstić information content (AvgIpc) is 3.23. The van der Waals surface area contributed by atoms with Gasteiger partial charge in [-0.2, -0.15) is 0 Å². The summed E-state index contributed by atoms with van der Waals surface area (Å²) in [5.74, 6) is 0. The van der Waals surface area contributed by atoms with Gasteiger partial charge in [0.25, 0.3) is 0 Å². The fourth-order valence-electron chi connectivity index (χ4n) is 10.8. The lowest BCUT2D eigenvalue weighted by Gasteiger charge is -2.46. The van der Waals surface area contributed by atoms with Crippen molar-refractivity contribution < 1.29 is 0 Å². The number of aryl methyl sites for hydroxylation is 4. The largest absolute Gasteiger partial charge is 0.312 e. The molecule has 3 aliphatic rings. The van der Waals surface area contributed by atoms with E-state index < -0.39 is 8.07 Å². The van der Waals surface area contributed by atoms with E-state index in [4.69, 9.17) is 0 Å². The molecule has 0 radical (unpaired) electrons. The summed E-state index contributed by atoms with van der Waals surface area (Å²) in [5, 5.41) is 5.58. The van der Waals surface area contributed by atoms with E-state index in [0.29, 0.717) is 0 Å². The van der Waals surface area contributed by atoms with Crippen molar-refractivity contribution in [3.8, 4) is 0 Å². The minimum absolute atomic E-state index is 0.0532. The second-order valence-electron chi connectivity index (χ2n) is 16.3. The molecule has 0 spiro atoms. The molecule has 0 fully saturated rings. The number of anilines is 3. The van der Waals surface area contributed by atoms with Crippen LogP contribution in [0.5, 0.6) is 0 Å². The third-order valence-electron chi connectivity index (χ3n) is 12.8. The van der Waals surface area contributed by atoms with E-state index >= 15 is 0 Å². The van der Waals surface area contributed by atoms with Crippen LogP contribution in [0.25, 0.3) is 0 Å². The first-order valence-corrected chi connectivity index (χ1v) is 23.0. The molecule has 0 aromatic heterocycles. The Balaban J connectivity index is 1.27. The zero-order valence-corrected chi connectivity index (χ0v) is 34.6. The van der Waals surface area contributed by atoms with Crippen molar-refractivity contribution in [2.75, 3.05) is 4.90 Å². The van der Waals surface area contributed by atoms with Crippen LogP contribution in [0.2, 0.25) is 0 Å². The summed E-state index contributed by atoms with van der Waals surface area (Å²) in [5.41, 5.74) is 17.8. The predicted octanol–water partition coefficient (Wildman–Crippen LogP) is 5.89. The summed E-state index contributed by atoms with van der Waals surface area (Å²) in [6, 6.07) is 67.6. The summed E-state index contributed by atoms with van der Waals surface area (Å²) < 4.78 is 0. The van der Waals surface area contributed by atoms with Crippen molar-refractivity contribution in [1.29, 1.82) is 0 Å². The molecule has 11 rings (SSSR count). The fraction of sp³-hybridized carbons (Fsp3) is 0.0769. The Morgan fingerprint density at radius 1 is 0.404 bits per heavy atom. The molecule has 3 aliphatic heterocycles. The number of fused-ring (bicyclic) bond motifs is 6. The van der Waals surface area contributed by atoms with Crippen molar-refractivity contribution in [1.82, 2.24) is 0 Å². The zero-order valence-electron chi connectivity index (χ0n) is 32.8. The van der Waals surface area contributed by atoms with Crippen LogP contribution >= 0.6 is 11.8 Å². The van der Waals surface area contributed by atoms with Crippen LogP contribution in [-0.2, 0) is 0 Å². The molecule has 0 N–H and O–H groups in total. The van der Waals surface area contributed by atoms with E-state index in [0.717, 1.165) is 0 Å². The van der Waals surface area contributed by atoms with E-state index in [9.17, 15) is 0 Å². The summed E-state index contributed by atoms with van der Waals surface area (Å²) in [7, 11) is -2.81. The summed E-state index contributed by atoms with van der Waals surface area (Å²) in [6.07, 6.45) is 0. The highest BCUT2D eigenvalue weighted by Crippen LogP contribution is 2.42. The van der Waals surface area contributed by atoms with E-state index in [-0.39, 0.29) is 13.4 Å². The summed E-state index contributed by atoms with van der Waals surface area (Å²) >= 11 is 1.92. The minimum atomic E-state index is -2.81. The number of hydrogen-bond acceptors (Lipinski definition) is 2. The van der Waals surface area contributed by atoms with Gasteiger partial charge < -0.3 is 4.90 Å². The first-order chi connectivity index (χ1) is 27.9. The van der Waals surface area contributed by atoms with Crippen LogP contribution < -0.4 is 58.4 Å². The van der Waals surface area contributed by atoms with E-state index in [1.54, 1.807) is 0 Å².